The Morgan fingerprint density at radius 2 is 1.59 bits per heavy atom. The summed E-state index contributed by atoms with van der Waals surface area (Å²) in [7, 11) is -0.770. The molecule has 1 unspecified atom stereocenters. The van der Waals surface area contributed by atoms with E-state index in [4.69, 9.17) is 14.2 Å². The molecule has 1 fully saturated rings. The summed E-state index contributed by atoms with van der Waals surface area (Å²) in [5.41, 5.74) is 4.59. The minimum absolute atomic E-state index is 0.00155. The van der Waals surface area contributed by atoms with Crippen molar-refractivity contribution in [2.75, 3.05) is 23.5 Å². The molecule has 334 valence electrons. The standard InChI is InChI=1S/C53H50BrN5O6Si/c1-34-50(66(3,4)40-24-22-39(63-2)23-25-40)49(27-28-57-32-44(55-56-57)42(33-60)36-14-6-5-7-15-36)65-53(34)43-30-37(54)21-26-45(43)58(52(53)62)31-35-13-12-16-38(29-35)59-46-18-9-11-20-48(46)64-47-19-10-8-17-41(47)51(59)61/h5-26,29-30,32,34,42,49-50,60H,27-28,31,33H2,1-4H3/t34-,42?,49+,50-,53+/m0/s1. The molecule has 2 amide bonds. The van der Waals surface area contributed by atoms with Crippen LogP contribution in [0.3, 0.4) is 0 Å². The number of aromatic nitrogens is 3. The van der Waals surface area contributed by atoms with Gasteiger partial charge in [-0.3, -0.25) is 19.2 Å². The van der Waals surface area contributed by atoms with E-state index in [9.17, 15) is 9.90 Å². The number of anilines is 3. The molecule has 5 atom stereocenters. The average molecular weight is 961 g/mol. The molecule has 1 saturated heterocycles. The van der Waals surface area contributed by atoms with Crippen LogP contribution in [0.4, 0.5) is 17.1 Å². The Morgan fingerprint density at radius 3 is 2.36 bits per heavy atom. The minimum atomic E-state index is -2.44. The van der Waals surface area contributed by atoms with Crippen LogP contribution in [0.25, 0.3) is 0 Å². The monoisotopic (exact) mass is 959 g/mol. The molecule has 0 saturated carbocycles. The normalized spacial score (nSPS) is 20.4. The van der Waals surface area contributed by atoms with Gasteiger partial charge in [-0.25, -0.2) is 0 Å². The minimum Gasteiger partial charge on any atom is -0.497 e. The van der Waals surface area contributed by atoms with Crippen LogP contribution < -0.4 is 24.5 Å². The number of fused-ring (bicyclic) bond motifs is 4. The second-order valence-corrected chi connectivity index (χ2v) is 23.5. The lowest BCUT2D eigenvalue weighted by atomic mass is 9.82. The van der Waals surface area contributed by atoms with Crippen LogP contribution in [-0.4, -0.2) is 59.8 Å². The van der Waals surface area contributed by atoms with Crippen LogP contribution in [0.15, 0.2) is 156 Å². The second-order valence-electron chi connectivity index (χ2n) is 17.9. The highest BCUT2D eigenvalue weighted by Gasteiger charge is 2.66. The van der Waals surface area contributed by atoms with E-state index in [2.05, 4.69) is 58.4 Å². The lowest BCUT2D eigenvalue weighted by Gasteiger charge is -2.37. The molecule has 1 N–H and O–H groups in total. The lowest BCUT2D eigenvalue weighted by molar-refractivity contribution is -0.146. The molecule has 10 rings (SSSR count). The van der Waals surface area contributed by atoms with E-state index in [1.54, 1.807) is 24.1 Å². The molecule has 13 heteroatoms. The van der Waals surface area contributed by atoms with Crippen LogP contribution in [-0.2, 0) is 28.2 Å². The highest BCUT2D eigenvalue weighted by Crippen LogP contribution is 2.60. The number of para-hydroxylation sites is 3. The fourth-order valence-corrected chi connectivity index (χ4v) is 15.1. The number of rotatable bonds is 12. The summed E-state index contributed by atoms with van der Waals surface area (Å²) in [6.45, 7) is 7.60. The topological polar surface area (TPSA) is 119 Å². The van der Waals surface area contributed by atoms with Gasteiger partial charge >= 0.3 is 0 Å². The molecule has 66 heavy (non-hydrogen) atoms. The van der Waals surface area contributed by atoms with Gasteiger partial charge in [0, 0.05) is 34.4 Å². The largest absolute Gasteiger partial charge is 0.497 e. The Bertz CT molecular complexity index is 2950. The summed E-state index contributed by atoms with van der Waals surface area (Å²) < 4.78 is 22.0. The fourth-order valence-electron chi connectivity index (χ4n) is 10.7. The number of aryl methyl sites for hydroxylation is 1. The summed E-state index contributed by atoms with van der Waals surface area (Å²) in [5.74, 6) is 1.00. The number of carbonyl (C=O) groups is 2. The van der Waals surface area contributed by atoms with Gasteiger partial charge in [0.15, 0.2) is 11.4 Å². The third kappa shape index (κ3) is 7.43. The van der Waals surface area contributed by atoms with E-state index in [1.807, 2.05) is 137 Å². The molecule has 1 aromatic heterocycles. The zero-order chi connectivity index (χ0) is 45.7. The van der Waals surface area contributed by atoms with Crippen molar-refractivity contribution in [3.8, 4) is 17.2 Å². The molecule has 1 spiro atoms. The Morgan fingerprint density at radius 1 is 0.848 bits per heavy atom. The number of ether oxygens (including phenoxy) is 3. The average Bonchev–Trinajstić information content (AvgIpc) is 3.96. The number of benzene rings is 6. The quantitative estimate of drug-likeness (QED) is 0.120. The van der Waals surface area contributed by atoms with Crippen LogP contribution in [0.1, 0.15) is 52.0 Å². The van der Waals surface area contributed by atoms with E-state index in [0.29, 0.717) is 47.1 Å². The van der Waals surface area contributed by atoms with Crippen LogP contribution in [0.2, 0.25) is 18.6 Å². The third-order valence-electron chi connectivity index (χ3n) is 13.9. The zero-order valence-corrected chi connectivity index (χ0v) is 39.8. The van der Waals surface area contributed by atoms with Crippen molar-refractivity contribution < 1.29 is 28.9 Å². The number of halogens is 1. The smallest absolute Gasteiger partial charge is 0.266 e. The van der Waals surface area contributed by atoms with Crippen LogP contribution in [0.5, 0.6) is 17.2 Å². The molecule has 6 aromatic carbocycles. The fraction of sp³-hybridized carbons (Fsp3) is 0.245. The van der Waals surface area contributed by atoms with E-state index in [-0.39, 0.29) is 48.4 Å². The number of carbonyl (C=O) groups excluding carboxylic acids is 2. The summed E-state index contributed by atoms with van der Waals surface area (Å²) >= 11 is 3.76. The maximum Gasteiger partial charge on any atom is 0.266 e. The summed E-state index contributed by atoms with van der Waals surface area (Å²) in [4.78, 5) is 33.6. The number of aliphatic hydroxyl groups excluding tert-OH is 1. The number of amides is 2. The Hall–Kier alpha value is -6.38. The summed E-state index contributed by atoms with van der Waals surface area (Å²) in [6.07, 6.45) is 2.17. The molecular formula is C53H50BrN5O6Si. The van der Waals surface area contributed by atoms with Crippen molar-refractivity contribution >= 4 is 58.1 Å². The van der Waals surface area contributed by atoms with Gasteiger partial charge in [0.25, 0.3) is 11.8 Å². The SMILES string of the molecule is COc1ccc([Si](C)(C)[C@@H]2[C@@H](CCn3cc(C(CO)c4ccccc4)nn3)O[C@]3(C(=O)N(Cc4cccc(N5C(=O)c6ccccc6Oc6ccccc65)c4)c4ccc(Br)cc43)[C@H]2C)cc1. The van der Waals surface area contributed by atoms with Crippen molar-refractivity contribution in [1.29, 1.82) is 0 Å². The molecule has 4 heterocycles. The first-order valence-corrected chi connectivity index (χ1v) is 26.2. The van der Waals surface area contributed by atoms with Gasteiger partial charge < -0.3 is 24.2 Å². The molecule has 0 radical (unpaired) electrons. The predicted molar refractivity (Wildman–Crippen MR) is 261 cm³/mol. The lowest BCUT2D eigenvalue weighted by Crippen LogP contribution is -2.51. The van der Waals surface area contributed by atoms with Crippen LogP contribution in [0, 0.1) is 5.92 Å². The molecule has 0 bridgehead atoms. The number of hydrogen-bond donors (Lipinski definition) is 1. The van der Waals surface area contributed by atoms with Gasteiger partial charge in [0.1, 0.15) is 11.5 Å². The van der Waals surface area contributed by atoms with Crippen molar-refractivity contribution in [3.63, 3.8) is 0 Å². The van der Waals surface area contributed by atoms with Gasteiger partial charge in [-0.15, -0.1) is 5.10 Å². The maximum absolute atomic E-state index is 15.7. The zero-order valence-electron chi connectivity index (χ0n) is 37.2. The van der Waals surface area contributed by atoms with Crippen molar-refractivity contribution in [2.45, 2.75) is 62.7 Å². The maximum atomic E-state index is 15.7. The third-order valence-corrected chi connectivity index (χ3v) is 18.7. The van der Waals surface area contributed by atoms with Crippen molar-refractivity contribution in [1.82, 2.24) is 15.0 Å². The first-order valence-electron chi connectivity index (χ1n) is 22.3. The number of aliphatic hydroxyl groups is 1. The molecule has 3 aliphatic heterocycles. The van der Waals surface area contributed by atoms with Crippen LogP contribution >= 0.6 is 15.9 Å². The van der Waals surface area contributed by atoms with Gasteiger partial charge in [-0.05, 0) is 89.8 Å². The number of hydrogen-bond acceptors (Lipinski definition) is 8. The Balaban J connectivity index is 1.00. The molecule has 0 aliphatic carbocycles. The molecule has 11 nitrogen and oxygen atoms in total. The predicted octanol–water partition coefficient (Wildman–Crippen LogP) is 10.1. The summed E-state index contributed by atoms with van der Waals surface area (Å²) in [5, 5.41) is 20.7. The number of nitrogens with zero attached hydrogens (tertiary/aromatic N) is 5. The van der Waals surface area contributed by atoms with Crippen molar-refractivity contribution in [3.05, 3.63) is 184 Å². The van der Waals surface area contributed by atoms with E-state index >= 15 is 4.79 Å². The highest BCUT2D eigenvalue weighted by atomic mass is 79.9. The Labute approximate surface area is 393 Å². The first-order chi connectivity index (χ1) is 32.0. The van der Waals surface area contributed by atoms with Crippen molar-refractivity contribution in [2.24, 2.45) is 5.92 Å². The van der Waals surface area contributed by atoms with Gasteiger partial charge in [0.05, 0.1) is 63.0 Å². The van der Waals surface area contributed by atoms with Gasteiger partial charge in [-0.1, -0.05) is 125 Å². The highest BCUT2D eigenvalue weighted by molar-refractivity contribution is 9.10. The first kappa shape index (κ1) is 43.5. The number of methoxy groups -OCH3 is 1. The molecular weight excluding hydrogens is 911 g/mol. The van der Waals surface area contributed by atoms with E-state index < -0.39 is 13.7 Å². The van der Waals surface area contributed by atoms with Gasteiger partial charge in [0.2, 0.25) is 0 Å². The molecule has 7 aromatic rings. The molecule has 3 aliphatic rings. The van der Waals surface area contributed by atoms with E-state index in [1.165, 1.54) is 5.19 Å². The summed E-state index contributed by atoms with van der Waals surface area (Å²) in [6, 6.07) is 46.9. The Kier molecular flexibility index (Phi) is 11.5. The second kappa shape index (κ2) is 17.4. The van der Waals surface area contributed by atoms with E-state index in [0.717, 1.165) is 32.6 Å². The van der Waals surface area contributed by atoms with Gasteiger partial charge in [-0.2, -0.15) is 0 Å².